The van der Waals surface area contributed by atoms with Crippen LogP contribution in [0.25, 0.3) is 33.0 Å². The van der Waals surface area contributed by atoms with Gasteiger partial charge in [-0.3, -0.25) is 0 Å². The molecule has 1 N–H and O–H groups in total. The van der Waals surface area contributed by atoms with Crippen molar-refractivity contribution in [2.24, 2.45) is 0 Å². The van der Waals surface area contributed by atoms with E-state index in [1.54, 1.807) is 0 Å². The first kappa shape index (κ1) is 24.3. The van der Waals surface area contributed by atoms with E-state index < -0.39 is 0 Å². The number of hydrogen-bond donors (Lipinski definition) is 1. The Morgan fingerprint density at radius 3 is 1.31 bits per heavy atom. The minimum absolute atomic E-state index is 1.09. The zero-order valence-electron chi connectivity index (χ0n) is 22.5. The van der Waals surface area contributed by atoms with E-state index >= 15 is 0 Å². The van der Waals surface area contributed by atoms with E-state index in [9.17, 15) is 0 Å². The summed E-state index contributed by atoms with van der Waals surface area (Å²) in [5, 5.41) is 6.41. The molecule has 0 aromatic heterocycles. The molecule has 5 aromatic carbocycles. The molecule has 5 rings (SSSR count). The molecule has 0 aliphatic heterocycles. The lowest BCUT2D eigenvalue weighted by Gasteiger charge is -2.24. The summed E-state index contributed by atoms with van der Waals surface area (Å²) >= 11 is 0. The Kier molecular flexibility index (Phi) is 6.47. The zero-order valence-corrected chi connectivity index (χ0v) is 22.5. The fraction of sp³-hybridized carbons (Fsp3) is 0. The second-order valence-electron chi connectivity index (χ2n) is 10.1. The van der Waals surface area contributed by atoms with Crippen LogP contribution in [0.3, 0.4) is 0 Å². The van der Waals surface area contributed by atoms with Crippen LogP contribution in [0.4, 0.5) is 11.4 Å². The monoisotopic (exact) mass is 455 g/mol. The van der Waals surface area contributed by atoms with Gasteiger partial charge in [0, 0.05) is 11.4 Å². The highest BCUT2D eigenvalue weighted by atomic mass is 14.9. The molecule has 1 nitrogen and oxygen atoms in total. The van der Waals surface area contributed by atoms with Crippen LogP contribution in [0.5, 0.6) is 0 Å². The molecule has 0 aliphatic carbocycles. The second kappa shape index (κ2) is 9.58. The van der Waals surface area contributed by atoms with Crippen molar-refractivity contribution in [2.45, 2.75) is 0 Å². The van der Waals surface area contributed by atoms with Crippen LogP contribution in [0.1, 0.15) is 0 Å². The van der Waals surface area contributed by atoms with E-state index in [1.807, 2.05) is 0 Å². The molecule has 36 heavy (non-hydrogen) atoms. The molecule has 0 radical (unpaired) electrons. The normalized spacial score (nSPS) is 11.0. The average Bonchev–Trinajstić information content (AvgIpc) is 2.91. The summed E-state index contributed by atoms with van der Waals surface area (Å²) in [6.07, 6.45) is 0. The summed E-state index contributed by atoms with van der Waals surface area (Å²) in [6, 6.07) is 28.1. The smallest absolute Gasteiger partial charge is 0.139 e. The molecule has 0 atom stereocenters. The van der Waals surface area contributed by atoms with Crippen LogP contribution >= 0.6 is 0 Å². The Morgan fingerprint density at radius 2 is 0.778 bits per heavy atom. The van der Waals surface area contributed by atoms with E-state index in [2.05, 4.69) is 139 Å². The highest BCUT2D eigenvalue weighted by Gasteiger charge is 2.18. The molecule has 0 unspecified atom stereocenters. The van der Waals surface area contributed by atoms with Crippen molar-refractivity contribution in [3.8, 4) is 22.3 Å². The maximum Gasteiger partial charge on any atom is 0.139 e. The molecular weight excluding hydrogens is 426 g/mol. The summed E-state index contributed by atoms with van der Waals surface area (Å²) in [4.78, 5) is 0. The average molecular weight is 454 g/mol. The third kappa shape index (κ3) is 4.13. The fourth-order valence-corrected chi connectivity index (χ4v) is 5.56. The van der Waals surface area contributed by atoms with Gasteiger partial charge in [0.15, 0.2) is 0 Å². The number of hydrogen-bond acceptors (Lipinski definition) is 1. The SMILES string of the molecule is Bc1c(B)c(B)c2c(-c3ccc(Nc4ccc(-c5ccccc5)cc4)cc3)c(B)c(B)c(B)c2c1B. The molecule has 0 saturated heterocycles. The molecule has 0 saturated carbocycles. The third-order valence-electron chi connectivity index (χ3n) is 8.27. The molecule has 0 amide bonds. The van der Waals surface area contributed by atoms with Crippen molar-refractivity contribution in [3.05, 3.63) is 78.9 Å². The second-order valence-corrected chi connectivity index (χ2v) is 10.1. The van der Waals surface area contributed by atoms with Crippen LogP contribution in [0.2, 0.25) is 0 Å². The van der Waals surface area contributed by atoms with Crippen molar-refractivity contribution in [1.82, 2.24) is 0 Å². The van der Waals surface area contributed by atoms with Gasteiger partial charge in [-0.15, -0.1) is 16.4 Å². The molecule has 166 valence electrons. The Hall–Kier alpha value is -3.39. The number of benzene rings is 5. The number of nitrogens with one attached hydrogen (secondary N) is 1. The minimum atomic E-state index is 1.09. The van der Waals surface area contributed by atoms with Crippen molar-refractivity contribution < 1.29 is 0 Å². The molecule has 8 heteroatoms. The van der Waals surface area contributed by atoms with Crippen LogP contribution in [0.15, 0.2) is 78.9 Å². The first-order valence-electron chi connectivity index (χ1n) is 12.8. The summed E-state index contributed by atoms with van der Waals surface area (Å²) < 4.78 is 0. The molecule has 0 bridgehead atoms. The van der Waals surface area contributed by atoms with Gasteiger partial charge in [0.25, 0.3) is 0 Å². The van der Waals surface area contributed by atoms with Gasteiger partial charge in [-0.1, -0.05) is 76.4 Å². The van der Waals surface area contributed by atoms with E-state index in [0.29, 0.717) is 0 Å². The maximum absolute atomic E-state index is 3.57. The quantitative estimate of drug-likeness (QED) is 0.272. The standard InChI is InChI=1S/C28H28B7N/c29-22-19(20-21(24(31)26(22)33)25(32)28(35)27(34)23(20)30)16-8-12-18(13-9-16)36-17-10-6-15(7-11-17)14-4-2-1-3-5-14/h1-13,36H,29-35H2. The minimum Gasteiger partial charge on any atom is -0.356 e. The molecule has 5 aromatic rings. The number of anilines is 2. The zero-order chi connectivity index (χ0) is 25.6. The van der Waals surface area contributed by atoms with E-state index in [1.165, 1.54) is 71.3 Å². The first-order chi connectivity index (χ1) is 17.3. The van der Waals surface area contributed by atoms with Crippen LogP contribution < -0.4 is 43.6 Å². The lowest BCUT2D eigenvalue weighted by Crippen LogP contribution is -2.52. The topological polar surface area (TPSA) is 12.0 Å². The van der Waals surface area contributed by atoms with Crippen molar-refractivity contribution in [1.29, 1.82) is 0 Å². The van der Waals surface area contributed by atoms with E-state index in [-0.39, 0.29) is 0 Å². The van der Waals surface area contributed by atoms with E-state index in [4.69, 9.17) is 0 Å². The maximum atomic E-state index is 3.57. The molecule has 0 spiro atoms. The van der Waals surface area contributed by atoms with Gasteiger partial charge in [0.05, 0.1) is 0 Å². The fourth-order valence-electron chi connectivity index (χ4n) is 5.56. The molecule has 0 fully saturated rings. The summed E-state index contributed by atoms with van der Waals surface area (Å²) in [5.41, 5.74) is 17.1. The first-order valence-corrected chi connectivity index (χ1v) is 12.8. The van der Waals surface area contributed by atoms with Crippen LogP contribution in [-0.4, -0.2) is 54.9 Å². The molecular formula is C28H28B7N. The number of rotatable bonds is 4. The van der Waals surface area contributed by atoms with Crippen molar-refractivity contribution in [3.63, 3.8) is 0 Å². The Labute approximate surface area is 221 Å². The Morgan fingerprint density at radius 1 is 0.361 bits per heavy atom. The van der Waals surface area contributed by atoms with Crippen LogP contribution in [-0.2, 0) is 0 Å². The largest absolute Gasteiger partial charge is 0.356 e. The Balaban J connectivity index is 1.52. The number of fused-ring (bicyclic) bond motifs is 1. The van der Waals surface area contributed by atoms with Crippen LogP contribution in [0, 0.1) is 0 Å². The lowest BCUT2D eigenvalue weighted by molar-refractivity contribution is 1.54. The summed E-state index contributed by atoms with van der Waals surface area (Å²) in [6.45, 7) is 0. The van der Waals surface area contributed by atoms with Gasteiger partial charge >= 0.3 is 0 Å². The van der Waals surface area contributed by atoms with Gasteiger partial charge in [0.2, 0.25) is 0 Å². The van der Waals surface area contributed by atoms with Crippen molar-refractivity contribution in [2.75, 3.05) is 5.32 Å². The van der Waals surface area contributed by atoms with Gasteiger partial charge in [-0.25, -0.2) is 0 Å². The molecule has 0 heterocycles. The van der Waals surface area contributed by atoms with Crippen molar-refractivity contribution >= 4 is 115 Å². The highest BCUT2D eigenvalue weighted by Crippen LogP contribution is 2.27. The lowest BCUT2D eigenvalue weighted by atomic mass is 9.59. The van der Waals surface area contributed by atoms with Gasteiger partial charge in [0.1, 0.15) is 54.9 Å². The third-order valence-corrected chi connectivity index (χ3v) is 8.27. The van der Waals surface area contributed by atoms with Gasteiger partial charge in [-0.05, 0) is 57.3 Å². The summed E-state index contributed by atoms with van der Waals surface area (Å²) in [5.74, 6) is 0. The van der Waals surface area contributed by atoms with E-state index in [0.717, 1.165) is 11.4 Å². The van der Waals surface area contributed by atoms with Gasteiger partial charge in [-0.2, -0.15) is 0 Å². The Bertz CT molecular complexity index is 1590. The predicted molar refractivity (Wildman–Crippen MR) is 182 cm³/mol. The van der Waals surface area contributed by atoms with Gasteiger partial charge < -0.3 is 5.32 Å². The molecule has 0 aliphatic rings. The summed E-state index contributed by atoms with van der Waals surface area (Å²) in [7, 11) is 15.9. The predicted octanol–water partition coefficient (Wildman–Crippen LogP) is -4.27. The highest BCUT2D eigenvalue weighted by molar-refractivity contribution is 6.71.